The van der Waals surface area contributed by atoms with Crippen LogP contribution in [-0.4, -0.2) is 68.0 Å². The normalized spacial score (nSPS) is 17.8. The fourth-order valence-corrected chi connectivity index (χ4v) is 2.98. The van der Waals surface area contributed by atoms with Gasteiger partial charge in [-0.25, -0.2) is 0 Å². The predicted octanol–water partition coefficient (Wildman–Crippen LogP) is 1.52. The van der Waals surface area contributed by atoms with Crippen molar-refractivity contribution in [3.63, 3.8) is 0 Å². The quantitative estimate of drug-likeness (QED) is 0.842. The third-order valence-electron chi connectivity index (χ3n) is 4.46. The minimum Gasteiger partial charge on any atom is -0.482 e. The molecule has 0 spiro atoms. The van der Waals surface area contributed by atoms with Gasteiger partial charge >= 0.3 is 0 Å². The Hall–Kier alpha value is -2.08. The Morgan fingerprint density at radius 1 is 1.21 bits per heavy atom. The molecule has 0 N–H and O–H groups in total. The van der Waals surface area contributed by atoms with Crippen molar-refractivity contribution in [3.05, 3.63) is 23.8 Å². The van der Waals surface area contributed by atoms with Gasteiger partial charge in [-0.05, 0) is 31.7 Å². The SMILES string of the molecule is C.Cc1ccc2c(c1)N(CCC(=O)N1CCN(C)CC1)C(=O)CO2. The number of anilines is 1. The van der Waals surface area contributed by atoms with E-state index in [1.54, 1.807) is 4.90 Å². The maximum absolute atomic E-state index is 12.4. The molecule has 1 saturated heterocycles. The minimum absolute atomic E-state index is 0. The number of nitrogens with zero attached hydrogens (tertiary/aromatic N) is 3. The van der Waals surface area contributed by atoms with Crippen molar-refractivity contribution < 1.29 is 14.3 Å². The zero-order valence-corrected chi connectivity index (χ0v) is 13.7. The van der Waals surface area contributed by atoms with Crippen molar-refractivity contribution in [2.45, 2.75) is 20.8 Å². The van der Waals surface area contributed by atoms with Crippen LogP contribution in [0.25, 0.3) is 0 Å². The third kappa shape index (κ3) is 3.87. The van der Waals surface area contributed by atoms with E-state index >= 15 is 0 Å². The Balaban J connectivity index is 0.00000208. The van der Waals surface area contributed by atoms with Crippen LogP contribution in [0.2, 0.25) is 0 Å². The molecule has 0 atom stereocenters. The van der Waals surface area contributed by atoms with E-state index < -0.39 is 0 Å². The highest BCUT2D eigenvalue weighted by molar-refractivity contribution is 5.98. The number of aryl methyl sites for hydroxylation is 1. The maximum atomic E-state index is 12.4. The number of hydrogen-bond acceptors (Lipinski definition) is 4. The van der Waals surface area contributed by atoms with Gasteiger partial charge in [0.15, 0.2) is 6.61 Å². The Kier molecular flexibility index (Phi) is 5.83. The smallest absolute Gasteiger partial charge is 0.265 e. The molecule has 2 aliphatic rings. The van der Waals surface area contributed by atoms with Crippen LogP contribution in [0.1, 0.15) is 19.4 Å². The highest BCUT2D eigenvalue weighted by Gasteiger charge is 2.27. The Bertz CT molecular complexity index is 610. The lowest BCUT2D eigenvalue weighted by Gasteiger charge is -2.34. The van der Waals surface area contributed by atoms with Gasteiger partial charge in [-0.2, -0.15) is 0 Å². The molecule has 0 aliphatic carbocycles. The summed E-state index contributed by atoms with van der Waals surface area (Å²) in [6, 6.07) is 5.78. The van der Waals surface area contributed by atoms with Gasteiger partial charge in [0.05, 0.1) is 5.69 Å². The Morgan fingerprint density at radius 2 is 1.92 bits per heavy atom. The van der Waals surface area contributed by atoms with Gasteiger partial charge < -0.3 is 19.4 Å². The molecule has 2 amide bonds. The summed E-state index contributed by atoms with van der Waals surface area (Å²) >= 11 is 0. The van der Waals surface area contributed by atoms with Crippen LogP contribution in [0.4, 0.5) is 5.69 Å². The number of amides is 2. The lowest BCUT2D eigenvalue weighted by atomic mass is 10.1. The summed E-state index contributed by atoms with van der Waals surface area (Å²) < 4.78 is 5.46. The average Bonchev–Trinajstić information content (AvgIpc) is 2.54. The van der Waals surface area contributed by atoms with Crippen LogP contribution < -0.4 is 9.64 Å². The minimum atomic E-state index is -0.0886. The Morgan fingerprint density at radius 3 is 2.62 bits per heavy atom. The van der Waals surface area contributed by atoms with Gasteiger partial charge in [0.25, 0.3) is 5.91 Å². The maximum Gasteiger partial charge on any atom is 0.265 e. The summed E-state index contributed by atoms with van der Waals surface area (Å²) in [5.74, 6) is 0.739. The van der Waals surface area contributed by atoms with E-state index in [9.17, 15) is 9.59 Å². The first-order chi connectivity index (χ1) is 11.0. The van der Waals surface area contributed by atoms with Crippen LogP contribution >= 0.6 is 0 Å². The molecule has 6 heteroatoms. The zero-order chi connectivity index (χ0) is 16.4. The molecule has 0 unspecified atom stereocenters. The van der Waals surface area contributed by atoms with E-state index in [1.165, 1.54) is 0 Å². The molecular formula is C18H27N3O3. The molecule has 0 aromatic heterocycles. The van der Waals surface area contributed by atoms with E-state index in [-0.39, 0.29) is 25.8 Å². The highest BCUT2D eigenvalue weighted by atomic mass is 16.5. The lowest BCUT2D eigenvalue weighted by molar-refractivity contribution is -0.132. The number of carbonyl (C=O) groups excluding carboxylic acids is 2. The second-order valence-corrected chi connectivity index (χ2v) is 6.24. The van der Waals surface area contributed by atoms with Crippen molar-refractivity contribution in [1.82, 2.24) is 9.80 Å². The summed E-state index contributed by atoms with van der Waals surface area (Å²) in [4.78, 5) is 30.3. The molecule has 3 rings (SSSR count). The fraction of sp³-hybridized carbons (Fsp3) is 0.556. The third-order valence-corrected chi connectivity index (χ3v) is 4.46. The average molecular weight is 333 g/mol. The standard InChI is InChI=1S/C17H23N3O3.CH4/c1-13-3-4-15-14(11-13)20(17(22)12-23-15)6-5-16(21)19-9-7-18(2)8-10-19;/h3-4,11H,5-10,12H2,1-2H3;1H4. The molecular weight excluding hydrogens is 306 g/mol. The molecule has 6 nitrogen and oxygen atoms in total. The van der Waals surface area contributed by atoms with Crippen molar-refractivity contribution in [3.8, 4) is 5.75 Å². The van der Waals surface area contributed by atoms with E-state index in [0.29, 0.717) is 18.7 Å². The van der Waals surface area contributed by atoms with E-state index in [4.69, 9.17) is 4.74 Å². The first-order valence-corrected chi connectivity index (χ1v) is 8.05. The van der Waals surface area contributed by atoms with Crippen molar-refractivity contribution in [1.29, 1.82) is 0 Å². The second kappa shape index (κ2) is 7.66. The van der Waals surface area contributed by atoms with E-state index in [1.807, 2.05) is 30.0 Å². The van der Waals surface area contributed by atoms with Crippen LogP contribution in [0.5, 0.6) is 5.75 Å². The molecule has 24 heavy (non-hydrogen) atoms. The van der Waals surface area contributed by atoms with Crippen LogP contribution in [-0.2, 0) is 9.59 Å². The van der Waals surface area contributed by atoms with Gasteiger partial charge in [0.2, 0.25) is 5.91 Å². The van der Waals surface area contributed by atoms with Crippen LogP contribution in [0, 0.1) is 6.92 Å². The van der Waals surface area contributed by atoms with Gasteiger partial charge in [-0.1, -0.05) is 13.5 Å². The molecule has 0 saturated carbocycles. The van der Waals surface area contributed by atoms with Crippen LogP contribution in [0.15, 0.2) is 18.2 Å². The number of piperazine rings is 1. The number of likely N-dealkylation sites (N-methyl/N-ethyl adjacent to an activating group) is 1. The van der Waals surface area contributed by atoms with Gasteiger partial charge in [0, 0.05) is 39.1 Å². The molecule has 1 aromatic carbocycles. The number of benzene rings is 1. The second-order valence-electron chi connectivity index (χ2n) is 6.24. The summed E-state index contributed by atoms with van der Waals surface area (Å²) in [5.41, 5.74) is 1.84. The number of hydrogen-bond donors (Lipinski definition) is 0. The molecule has 132 valence electrons. The molecule has 2 heterocycles. The molecule has 1 aromatic rings. The summed E-state index contributed by atoms with van der Waals surface area (Å²) in [5, 5.41) is 0. The Labute approximate surface area is 144 Å². The van der Waals surface area contributed by atoms with Gasteiger partial charge in [-0.15, -0.1) is 0 Å². The number of ether oxygens (including phenoxy) is 1. The topological polar surface area (TPSA) is 53.1 Å². The summed E-state index contributed by atoms with van der Waals surface area (Å²) in [7, 11) is 2.06. The first-order valence-electron chi connectivity index (χ1n) is 8.05. The van der Waals surface area contributed by atoms with E-state index in [2.05, 4.69) is 11.9 Å². The monoisotopic (exact) mass is 333 g/mol. The largest absolute Gasteiger partial charge is 0.482 e. The highest BCUT2D eigenvalue weighted by Crippen LogP contribution is 2.32. The number of fused-ring (bicyclic) bond motifs is 1. The van der Waals surface area contributed by atoms with Crippen molar-refractivity contribution in [2.24, 2.45) is 0 Å². The van der Waals surface area contributed by atoms with Gasteiger partial charge in [0.1, 0.15) is 5.75 Å². The molecule has 1 fully saturated rings. The molecule has 0 radical (unpaired) electrons. The first kappa shape index (κ1) is 18.3. The number of rotatable bonds is 3. The predicted molar refractivity (Wildman–Crippen MR) is 94.5 cm³/mol. The fourth-order valence-electron chi connectivity index (χ4n) is 2.98. The lowest BCUT2D eigenvalue weighted by Crippen LogP contribution is -2.48. The molecule has 0 bridgehead atoms. The van der Waals surface area contributed by atoms with Crippen molar-refractivity contribution in [2.75, 3.05) is 51.3 Å². The number of carbonyl (C=O) groups is 2. The molecule has 2 aliphatic heterocycles. The van der Waals surface area contributed by atoms with Crippen molar-refractivity contribution >= 4 is 17.5 Å². The van der Waals surface area contributed by atoms with E-state index in [0.717, 1.165) is 37.4 Å². The van der Waals surface area contributed by atoms with Gasteiger partial charge in [-0.3, -0.25) is 9.59 Å². The van der Waals surface area contributed by atoms with Crippen LogP contribution in [0.3, 0.4) is 0 Å². The zero-order valence-electron chi connectivity index (χ0n) is 13.7. The summed E-state index contributed by atoms with van der Waals surface area (Å²) in [6.45, 7) is 5.77. The summed E-state index contributed by atoms with van der Waals surface area (Å²) in [6.07, 6.45) is 0.350.